The lowest BCUT2D eigenvalue weighted by molar-refractivity contribution is 0.177. The molecule has 106 valence electrons. The summed E-state index contributed by atoms with van der Waals surface area (Å²) in [7, 11) is 0. The van der Waals surface area contributed by atoms with Crippen molar-refractivity contribution >= 4 is 17.8 Å². The second-order valence-electron chi connectivity index (χ2n) is 5.93. The molecule has 0 saturated heterocycles. The van der Waals surface area contributed by atoms with Crippen LogP contribution in [-0.2, 0) is 0 Å². The minimum atomic E-state index is -0.164. The van der Waals surface area contributed by atoms with Crippen LogP contribution in [0.1, 0.15) is 40.0 Å². The van der Waals surface area contributed by atoms with Gasteiger partial charge >= 0.3 is 6.03 Å². The molecule has 0 aromatic carbocycles. The minimum absolute atomic E-state index is 0.0918. The van der Waals surface area contributed by atoms with E-state index in [0.29, 0.717) is 19.0 Å². The summed E-state index contributed by atoms with van der Waals surface area (Å²) in [6.45, 7) is 7.88. The summed E-state index contributed by atoms with van der Waals surface area (Å²) in [5.74, 6) is 1.37. The van der Waals surface area contributed by atoms with Crippen molar-refractivity contribution < 1.29 is 9.90 Å². The first-order valence-electron chi connectivity index (χ1n) is 6.70. The molecule has 1 aliphatic carbocycles. The maximum absolute atomic E-state index is 11.5. The van der Waals surface area contributed by atoms with E-state index in [4.69, 9.17) is 0 Å². The van der Waals surface area contributed by atoms with Gasteiger partial charge in [0.1, 0.15) is 0 Å². The number of carbonyl (C=O) groups is 1. The van der Waals surface area contributed by atoms with Crippen LogP contribution in [0.15, 0.2) is 0 Å². The second kappa shape index (κ2) is 7.24. The number of thioether (sulfide) groups is 1. The molecule has 0 spiro atoms. The molecule has 1 saturated carbocycles. The number of hydrogen-bond donors (Lipinski definition) is 3. The highest BCUT2D eigenvalue weighted by atomic mass is 32.2. The van der Waals surface area contributed by atoms with Gasteiger partial charge in [-0.1, -0.05) is 20.8 Å². The van der Waals surface area contributed by atoms with Gasteiger partial charge in [-0.15, -0.1) is 0 Å². The minimum Gasteiger partial charge on any atom is -0.393 e. The van der Waals surface area contributed by atoms with Crippen LogP contribution in [-0.4, -0.2) is 40.8 Å². The third kappa shape index (κ3) is 7.11. The molecular formula is C13H26N2O2S. The molecule has 1 fully saturated rings. The largest absolute Gasteiger partial charge is 0.393 e. The maximum Gasteiger partial charge on any atom is 0.314 e. The molecule has 2 amide bonds. The van der Waals surface area contributed by atoms with Crippen molar-refractivity contribution in [1.29, 1.82) is 0 Å². The molecule has 0 heterocycles. The normalized spacial score (nSPS) is 24.0. The van der Waals surface area contributed by atoms with Crippen LogP contribution in [0.4, 0.5) is 4.79 Å². The zero-order valence-corrected chi connectivity index (χ0v) is 12.5. The van der Waals surface area contributed by atoms with E-state index in [1.807, 2.05) is 11.8 Å². The molecule has 0 unspecified atom stereocenters. The van der Waals surface area contributed by atoms with E-state index in [2.05, 4.69) is 31.4 Å². The van der Waals surface area contributed by atoms with Crippen LogP contribution in [0.2, 0.25) is 0 Å². The van der Waals surface area contributed by atoms with Gasteiger partial charge in [0.15, 0.2) is 0 Å². The molecule has 0 aromatic heterocycles. The van der Waals surface area contributed by atoms with Crippen LogP contribution >= 0.6 is 11.8 Å². The first-order valence-corrected chi connectivity index (χ1v) is 7.69. The molecule has 0 bridgehead atoms. The topological polar surface area (TPSA) is 61.4 Å². The summed E-state index contributed by atoms with van der Waals surface area (Å²) in [6, 6.07) is -0.0918. The lowest BCUT2D eigenvalue weighted by atomic mass is 10.1. The summed E-state index contributed by atoms with van der Waals surface area (Å²) in [4.78, 5) is 11.5. The Morgan fingerprint density at radius 2 is 2.06 bits per heavy atom. The molecule has 0 radical (unpaired) electrons. The van der Waals surface area contributed by atoms with Gasteiger partial charge in [-0.3, -0.25) is 0 Å². The van der Waals surface area contributed by atoms with Crippen molar-refractivity contribution in [2.45, 2.75) is 50.9 Å². The fourth-order valence-corrected chi connectivity index (χ4v) is 2.87. The predicted molar refractivity (Wildman–Crippen MR) is 77.0 cm³/mol. The highest BCUT2D eigenvalue weighted by Gasteiger charge is 2.22. The Bertz CT molecular complexity index is 266. The molecular weight excluding hydrogens is 248 g/mol. The molecule has 4 nitrogen and oxygen atoms in total. The number of hydrogen-bond acceptors (Lipinski definition) is 3. The standard InChI is InChI=1S/C13H26N2O2S/c1-13(2,3)18-7-6-14-12(17)15-9-10-4-5-11(16)8-10/h10-11,16H,4-9H2,1-3H3,(H2,14,15,17)/t10-,11-/m1/s1. The Morgan fingerprint density at radius 3 is 2.61 bits per heavy atom. The molecule has 1 rings (SSSR count). The van der Waals surface area contributed by atoms with Crippen molar-refractivity contribution in [2.75, 3.05) is 18.8 Å². The van der Waals surface area contributed by atoms with Gasteiger partial charge in [0.2, 0.25) is 0 Å². The smallest absolute Gasteiger partial charge is 0.314 e. The Hall–Kier alpha value is -0.420. The number of aliphatic hydroxyl groups is 1. The summed E-state index contributed by atoms with van der Waals surface area (Å²) in [5.41, 5.74) is 0. The van der Waals surface area contributed by atoms with Gasteiger partial charge in [-0.2, -0.15) is 11.8 Å². The number of urea groups is 1. The summed E-state index contributed by atoms with van der Waals surface area (Å²) < 4.78 is 0.248. The van der Waals surface area contributed by atoms with E-state index in [9.17, 15) is 9.90 Å². The number of amides is 2. The zero-order valence-electron chi connectivity index (χ0n) is 11.7. The van der Waals surface area contributed by atoms with Gasteiger partial charge in [0.25, 0.3) is 0 Å². The SMILES string of the molecule is CC(C)(C)SCCNC(=O)NC[C@@H]1CC[C@@H](O)C1. The number of nitrogens with one attached hydrogen (secondary N) is 2. The van der Waals surface area contributed by atoms with Gasteiger partial charge in [-0.05, 0) is 25.2 Å². The second-order valence-corrected chi connectivity index (χ2v) is 7.85. The summed E-state index contributed by atoms with van der Waals surface area (Å²) in [6.07, 6.45) is 2.54. The van der Waals surface area contributed by atoms with Crippen LogP contribution in [0, 0.1) is 5.92 Å². The van der Waals surface area contributed by atoms with Gasteiger partial charge in [0.05, 0.1) is 6.10 Å². The van der Waals surface area contributed by atoms with Crippen molar-refractivity contribution in [3.8, 4) is 0 Å². The van der Waals surface area contributed by atoms with Crippen molar-refractivity contribution in [2.24, 2.45) is 5.92 Å². The third-order valence-corrected chi connectivity index (χ3v) is 4.26. The quantitative estimate of drug-likeness (QED) is 0.672. The third-order valence-electron chi connectivity index (χ3n) is 2.99. The van der Waals surface area contributed by atoms with E-state index < -0.39 is 0 Å². The van der Waals surface area contributed by atoms with E-state index in [-0.39, 0.29) is 16.9 Å². The van der Waals surface area contributed by atoms with E-state index >= 15 is 0 Å². The van der Waals surface area contributed by atoms with Crippen molar-refractivity contribution in [3.05, 3.63) is 0 Å². The molecule has 1 aliphatic rings. The number of rotatable bonds is 5. The van der Waals surface area contributed by atoms with Crippen LogP contribution in [0.5, 0.6) is 0 Å². The van der Waals surface area contributed by atoms with E-state index in [1.54, 1.807) is 0 Å². The van der Waals surface area contributed by atoms with Gasteiger partial charge < -0.3 is 15.7 Å². The van der Waals surface area contributed by atoms with Crippen molar-refractivity contribution in [3.63, 3.8) is 0 Å². The van der Waals surface area contributed by atoms with Gasteiger partial charge in [0, 0.05) is 23.6 Å². The average Bonchev–Trinajstić information content (AvgIpc) is 2.66. The van der Waals surface area contributed by atoms with Crippen molar-refractivity contribution in [1.82, 2.24) is 10.6 Å². The van der Waals surface area contributed by atoms with E-state index in [1.165, 1.54) is 0 Å². The first kappa shape index (κ1) is 15.6. The molecule has 5 heteroatoms. The predicted octanol–water partition coefficient (Wildman–Crippen LogP) is 1.98. The Morgan fingerprint density at radius 1 is 1.33 bits per heavy atom. The Kier molecular flexibility index (Phi) is 6.29. The average molecular weight is 274 g/mol. The molecule has 3 N–H and O–H groups in total. The highest BCUT2D eigenvalue weighted by molar-refractivity contribution is 8.00. The monoisotopic (exact) mass is 274 g/mol. The molecule has 0 aliphatic heterocycles. The maximum atomic E-state index is 11.5. The van der Waals surface area contributed by atoms with Gasteiger partial charge in [-0.25, -0.2) is 4.79 Å². The van der Waals surface area contributed by atoms with Crippen LogP contribution < -0.4 is 10.6 Å². The molecule has 18 heavy (non-hydrogen) atoms. The zero-order chi connectivity index (χ0) is 13.6. The molecule has 2 atom stereocenters. The lowest BCUT2D eigenvalue weighted by Gasteiger charge is -2.17. The van der Waals surface area contributed by atoms with Crippen LogP contribution in [0.25, 0.3) is 0 Å². The lowest BCUT2D eigenvalue weighted by Crippen LogP contribution is -2.39. The number of aliphatic hydroxyl groups excluding tert-OH is 1. The highest BCUT2D eigenvalue weighted by Crippen LogP contribution is 2.24. The fourth-order valence-electron chi connectivity index (χ4n) is 2.06. The van der Waals surface area contributed by atoms with Crippen LogP contribution in [0.3, 0.4) is 0 Å². The molecule has 0 aromatic rings. The number of carbonyl (C=O) groups excluding carboxylic acids is 1. The van der Waals surface area contributed by atoms with E-state index in [0.717, 1.165) is 25.0 Å². The first-order chi connectivity index (χ1) is 8.37. The fraction of sp³-hybridized carbons (Fsp3) is 0.923. The summed E-state index contributed by atoms with van der Waals surface area (Å²) >= 11 is 1.84. The summed E-state index contributed by atoms with van der Waals surface area (Å²) in [5, 5.41) is 15.1. The Balaban J connectivity index is 2.00. The Labute approximate surface area is 114 Å².